The van der Waals surface area contributed by atoms with Crippen molar-refractivity contribution in [1.29, 1.82) is 0 Å². The normalized spacial score (nSPS) is 20.7. The molecule has 1 unspecified atom stereocenters. The van der Waals surface area contributed by atoms with Crippen LogP contribution in [0.25, 0.3) is 0 Å². The summed E-state index contributed by atoms with van der Waals surface area (Å²) in [6.45, 7) is 5.93. The number of terminal acetylenes is 1. The molecule has 0 aromatic carbocycles. The number of nitrogens with zero attached hydrogens (tertiary/aromatic N) is 1. The van der Waals surface area contributed by atoms with E-state index in [-0.39, 0.29) is 11.9 Å². The van der Waals surface area contributed by atoms with E-state index in [1.165, 1.54) is 0 Å². The molecule has 1 amide bonds. The van der Waals surface area contributed by atoms with E-state index < -0.39 is 0 Å². The number of piperidine rings is 1. The van der Waals surface area contributed by atoms with Gasteiger partial charge >= 0.3 is 0 Å². The lowest BCUT2D eigenvalue weighted by atomic mass is 10.0. The van der Waals surface area contributed by atoms with Crippen molar-refractivity contribution < 1.29 is 4.79 Å². The van der Waals surface area contributed by atoms with Crippen molar-refractivity contribution in [3.05, 3.63) is 0 Å². The summed E-state index contributed by atoms with van der Waals surface area (Å²) in [6, 6.07) is 0.390. The maximum Gasteiger partial charge on any atom is 0.239 e. The number of carbonyl (C=O) groups is 1. The van der Waals surface area contributed by atoms with Crippen LogP contribution in [0.1, 0.15) is 46.0 Å². The van der Waals surface area contributed by atoms with Gasteiger partial charge in [-0.1, -0.05) is 13.8 Å². The van der Waals surface area contributed by atoms with Crippen LogP contribution in [0.5, 0.6) is 0 Å². The Bertz CT molecular complexity index is 280. The first-order valence-corrected chi connectivity index (χ1v) is 6.63. The zero-order valence-electron chi connectivity index (χ0n) is 11.0. The molecule has 1 heterocycles. The van der Waals surface area contributed by atoms with E-state index in [0.717, 1.165) is 45.2 Å². The Hall–Kier alpha value is -1.01. The Labute approximate surface area is 105 Å². The minimum absolute atomic E-state index is 0.0244. The zero-order valence-corrected chi connectivity index (χ0v) is 11.0. The van der Waals surface area contributed by atoms with Gasteiger partial charge in [-0.15, -0.1) is 12.3 Å². The molecule has 1 aliphatic rings. The monoisotopic (exact) mass is 236 g/mol. The molecule has 1 fully saturated rings. The quantitative estimate of drug-likeness (QED) is 0.563. The average molecular weight is 236 g/mol. The fourth-order valence-electron chi connectivity index (χ4n) is 2.25. The van der Waals surface area contributed by atoms with E-state index in [2.05, 4.69) is 25.1 Å². The second-order valence-electron chi connectivity index (χ2n) is 5.00. The molecule has 1 atom stereocenters. The Morgan fingerprint density at radius 3 is 2.94 bits per heavy atom. The van der Waals surface area contributed by atoms with Gasteiger partial charge in [0, 0.05) is 25.6 Å². The molecule has 1 N–H and O–H groups in total. The van der Waals surface area contributed by atoms with Gasteiger partial charge in [0.2, 0.25) is 5.91 Å². The number of carbonyl (C=O) groups excluding carboxylic acids is 1. The van der Waals surface area contributed by atoms with Gasteiger partial charge in [0.1, 0.15) is 0 Å². The fourth-order valence-corrected chi connectivity index (χ4v) is 2.25. The number of hydrogen-bond acceptors (Lipinski definition) is 2. The van der Waals surface area contributed by atoms with Crippen molar-refractivity contribution in [2.45, 2.75) is 58.0 Å². The van der Waals surface area contributed by atoms with Crippen LogP contribution in [0.3, 0.4) is 0 Å². The zero-order chi connectivity index (χ0) is 12.7. The van der Waals surface area contributed by atoms with E-state index in [9.17, 15) is 4.79 Å². The Morgan fingerprint density at radius 2 is 2.29 bits per heavy atom. The van der Waals surface area contributed by atoms with Crippen molar-refractivity contribution in [2.75, 3.05) is 13.1 Å². The standard InChI is InChI=1S/C14H24N2O/c1-4-5-6-7-10-16-11-8-9-13(14(16)17)15-12(2)3/h1,12-13,15H,5-11H2,2-3H3. The van der Waals surface area contributed by atoms with Crippen LogP contribution < -0.4 is 5.32 Å². The SMILES string of the molecule is C#CCCCCN1CCCC(NC(C)C)C1=O. The number of nitrogens with one attached hydrogen (secondary N) is 1. The fraction of sp³-hybridized carbons (Fsp3) is 0.786. The van der Waals surface area contributed by atoms with E-state index in [1.54, 1.807) is 0 Å². The molecular weight excluding hydrogens is 212 g/mol. The average Bonchev–Trinajstić information content (AvgIpc) is 2.28. The van der Waals surface area contributed by atoms with Gasteiger partial charge in [-0.3, -0.25) is 4.79 Å². The summed E-state index contributed by atoms with van der Waals surface area (Å²) in [5, 5.41) is 3.34. The minimum Gasteiger partial charge on any atom is -0.341 e. The Morgan fingerprint density at radius 1 is 1.53 bits per heavy atom. The number of likely N-dealkylation sites (tertiary alicyclic amines) is 1. The first kappa shape index (κ1) is 14.1. The Balaban J connectivity index is 2.34. The van der Waals surface area contributed by atoms with Crippen LogP contribution in [-0.2, 0) is 4.79 Å². The third-order valence-corrected chi connectivity index (χ3v) is 3.06. The topological polar surface area (TPSA) is 32.3 Å². The summed E-state index contributed by atoms with van der Waals surface area (Å²) in [4.78, 5) is 14.1. The van der Waals surface area contributed by atoms with Crippen molar-refractivity contribution in [1.82, 2.24) is 10.2 Å². The maximum atomic E-state index is 12.1. The van der Waals surface area contributed by atoms with E-state index in [0.29, 0.717) is 6.04 Å². The van der Waals surface area contributed by atoms with Crippen molar-refractivity contribution in [2.24, 2.45) is 0 Å². The second kappa shape index (κ2) is 7.34. The summed E-state index contributed by atoms with van der Waals surface area (Å²) >= 11 is 0. The molecule has 0 aromatic rings. The van der Waals surface area contributed by atoms with Crippen LogP contribution in [0.2, 0.25) is 0 Å². The maximum absolute atomic E-state index is 12.1. The van der Waals surface area contributed by atoms with E-state index in [4.69, 9.17) is 6.42 Å². The smallest absolute Gasteiger partial charge is 0.239 e. The molecule has 0 saturated carbocycles. The predicted molar refractivity (Wildman–Crippen MR) is 70.6 cm³/mol. The summed E-state index contributed by atoms with van der Waals surface area (Å²) in [5.41, 5.74) is 0. The largest absolute Gasteiger partial charge is 0.341 e. The third kappa shape index (κ3) is 4.79. The Kier molecular flexibility index (Phi) is 6.07. The molecule has 1 saturated heterocycles. The van der Waals surface area contributed by atoms with Gasteiger partial charge in [0.25, 0.3) is 0 Å². The summed E-state index contributed by atoms with van der Waals surface area (Å²) in [7, 11) is 0. The third-order valence-electron chi connectivity index (χ3n) is 3.06. The highest BCUT2D eigenvalue weighted by Crippen LogP contribution is 2.13. The molecule has 0 bridgehead atoms. The minimum atomic E-state index is 0.0244. The molecule has 0 radical (unpaired) electrons. The van der Waals surface area contributed by atoms with Gasteiger partial charge in [0.15, 0.2) is 0 Å². The molecule has 1 aliphatic heterocycles. The lowest BCUT2D eigenvalue weighted by molar-refractivity contribution is -0.136. The molecule has 96 valence electrons. The van der Waals surface area contributed by atoms with Crippen LogP contribution in [-0.4, -0.2) is 36.0 Å². The lowest BCUT2D eigenvalue weighted by Crippen LogP contribution is -2.52. The number of rotatable bonds is 6. The van der Waals surface area contributed by atoms with Gasteiger partial charge in [0.05, 0.1) is 6.04 Å². The number of hydrogen-bond donors (Lipinski definition) is 1. The molecule has 3 heteroatoms. The molecule has 3 nitrogen and oxygen atoms in total. The summed E-state index contributed by atoms with van der Waals surface area (Å²) in [6.07, 6.45) is 10.1. The molecule has 1 rings (SSSR count). The highest BCUT2D eigenvalue weighted by atomic mass is 16.2. The number of amides is 1. The first-order chi connectivity index (χ1) is 8.15. The molecule has 17 heavy (non-hydrogen) atoms. The summed E-state index contributed by atoms with van der Waals surface area (Å²) < 4.78 is 0. The second-order valence-corrected chi connectivity index (χ2v) is 5.00. The van der Waals surface area contributed by atoms with Crippen LogP contribution in [0, 0.1) is 12.3 Å². The molecule has 0 spiro atoms. The predicted octanol–water partition coefficient (Wildman–Crippen LogP) is 1.78. The summed E-state index contributed by atoms with van der Waals surface area (Å²) in [5.74, 6) is 2.90. The van der Waals surface area contributed by atoms with Crippen molar-refractivity contribution in [3.8, 4) is 12.3 Å². The molecule has 0 aliphatic carbocycles. The van der Waals surface area contributed by atoms with Crippen LogP contribution in [0.15, 0.2) is 0 Å². The highest BCUT2D eigenvalue weighted by Gasteiger charge is 2.28. The van der Waals surface area contributed by atoms with Gasteiger partial charge in [-0.05, 0) is 25.7 Å². The van der Waals surface area contributed by atoms with E-state index >= 15 is 0 Å². The van der Waals surface area contributed by atoms with Gasteiger partial charge in [-0.25, -0.2) is 0 Å². The van der Waals surface area contributed by atoms with Gasteiger partial charge in [-0.2, -0.15) is 0 Å². The van der Waals surface area contributed by atoms with Gasteiger partial charge < -0.3 is 10.2 Å². The van der Waals surface area contributed by atoms with Crippen LogP contribution >= 0.6 is 0 Å². The lowest BCUT2D eigenvalue weighted by Gasteiger charge is -2.33. The van der Waals surface area contributed by atoms with Crippen LogP contribution in [0.4, 0.5) is 0 Å². The first-order valence-electron chi connectivity index (χ1n) is 6.63. The molecular formula is C14H24N2O. The van der Waals surface area contributed by atoms with Crippen molar-refractivity contribution >= 4 is 5.91 Å². The number of unbranched alkanes of at least 4 members (excludes halogenated alkanes) is 2. The van der Waals surface area contributed by atoms with Crippen molar-refractivity contribution in [3.63, 3.8) is 0 Å². The molecule has 0 aromatic heterocycles. The highest BCUT2D eigenvalue weighted by molar-refractivity contribution is 5.82. The van der Waals surface area contributed by atoms with E-state index in [1.807, 2.05) is 4.90 Å².